The minimum absolute atomic E-state index is 0.0376. The number of carbonyl (C=O) groups is 1. The molecule has 3 saturated heterocycles. The molecule has 2 bridgehead atoms. The number of ether oxygens (including phenoxy) is 2. The van der Waals surface area contributed by atoms with E-state index in [2.05, 4.69) is 21.2 Å². The van der Waals surface area contributed by atoms with Gasteiger partial charge in [0, 0.05) is 38.3 Å². The van der Waals surface area contributed by atoms with Crippen LogP contribution < -0.4 is 10.1 Å². The minimum Gasteiger partial charge on any atom is -0.491 e. The molecule has 31 heavy (non-hydrogen) atoms. The van der Waals surface area contributed by atoms with Gasteiger partial charge in [-0.05, 0) is 56.4 Å². The molecule has 0 saturated carbocycles. The van der Waals surface area contributed by atoms with Crippen molar-refractivity contribution in [1.82, 2.24) is 15.1 Å². The zero-order valence-corrected chi connectivity index (χ0v) is 17.9. The molecule has 4 atom stereocenters. The van der Waals surface area contributed by atoms with Crippen molar-refractivity contribution in [3.05, 3.63) is 29.8 Å². The van der Waals surface area contributed by atoms with Crippen molar-refractivity contribution in [3.63, 3.8) is 0 Å². The Kier molecular flexibility index (Phi) is 7.41. The molecule has 4 rings (SSSR count). The molecule has 8 nitrogen and oxygen atoms in total. The number of rotatable bonds is 8. The zero-order valence-electron chi connectivity index (χ0n) is 17.9. The van der Waals surface area contributed by atoms with Crippen molar-refractivity contribution in [1.29, 1.82) is 5.26 Å². The van der Waals surface area contributed by atoms with Crippen molar-refractivity contribution in [2.24, 2.45) is 0 Å². The summed E-state index contributed by atoms with van der Waals surface area (Å²) in [4.78, 5) is 17.0. The average molecular weight is 429 g/mol. The first kappa shape index (κ1) is 22.0. The van der Waals surface area contributed by atoms with Gasteiger partial charge in [-0.2, -0.15) is 5.26 Å². The predicted octanol–water partition coefficient (Wildman–Crippen LogP) is 1.09. The maximum Gasteiger partial charge on any atom is 0.236 e. The van der Waals surface area contributed by atoms with Crippen LogP contribution in [0.15, 0.2) is 24.3 Å². The standard InChI is InChI=1S/C23H32N4O4/c24-11-17-4-8-21(9-5-17)31-16-20(28)14-27-18-6-7-19(27)13-26(12-18)15-22(29)25-23-3-1-2-10-30-23/h4-5,8-9,18-20,23,28H,1-3,6-7,10,12-16H2,(H,25,29). The van der Waals surface area contributed by atoms with Crippen LogP contribution in [0.4, 0.5) is 0 Å². The summed E-state index contributed by atoms with van der Waals surface area (Å²) in [6.07, 6.45) is 4.54. The third-order valence-electron chi connectivity index (χ3n) is 6.43. The molecule has 0 spiro atoms. The van der Waals surface area contributed by atoms with Crippen molar-refractivity contribution in [2.45, 2.75) is 56.5 Å². The number of aliphatic hydroxyl groups excluding tert-OH is 1. The summed E-state index contributed by atoms with van der Waals surface area (Å²) >= 11 is 0. The van der Waals surface area contributed by atoms with Crippen LogP contribution in [0, 0.1) is 11.3 Å². The van der Waals surface area contributed by atoms with E-state index in [9.17, 15) is 9.90 Å². The third-order valence-corrected chi connectivity index (χ3v) is 6.43. The van der Waals surface area contributed by atoms with Crippen LogP contribution >= 0.6 is 0 Å². The molecule has 1 amide bonds. The number of carbonyl (C=O) groups excluding carboxylic acids is 1. The topological polar surface area (TPSA) is 98.1 Å². The predicted molar refractivity (Wildman–Crippen MR) is 114 cm³/mol. The molecule has 1 aromatic rings. The van der Waals surface area contributed by atoms with Crippen LogP contribution in [0.3, 0.4) is 0 Å². The quantitative estimate of drug-likeness (QED) is 0.640. The molecule has 0 aliphatic carbocycles. The third kappa shape index (κ3) is 5.95. The van der Waals surface area contributed by atoms with Crippen molar-refractivity contribution >= 4 is 5.91 Å². The van der Waals surface area contributed by atoms with Gasteiger partial charge < -0.3 is 19.9 Å². The molecule has 1 aromatic carbocycles. The lowest BCUT2D eigenvalue weighted by molar-refractivity contribution is -0.128. The normalized spacial score (nSPS) is 27.4. The van der Waals surface area contributed by atoms with E-state index in [-0.39, 0.29) is 18.7 Å². The molecule has 3 fully saturated rings. The molecule has 2 N–H and O–H groups in total. The van der Waals surface area contributed by atoms with Gasteiger partial charge in [0.15, 0.2) is 0 Å². The number of hydrogen-bond acceptors (Lipinski definition) is 7. The zero-order chi connectivity index (χ0) is 21.6. The first-order valence-electron chi connectivity index (χ1n) is 11.3. The smallest absolute Gasteiger partial charge is 0.236 e. The number of aliphatic hydroxyl groups is 1. The second-order valence-electron chi connectivity index (χ2n) is 8.80. The SMILES string of the molecule is N#Cc1ccc(OCC(O)CN2C3CCC2CN(CC(=O)NC2CCCCO2)C3)cc1. The summed E-state index contributed by atoms with van der Waals surface area (Å²) < 4.78 is 11.3. The van der Waals surface area contributed by atoms with Gasteiger partial charge >= 0.3 is 0 Å². The van der Waals surface area contributed by atoms with Gasteiger partial charge in [0.2, 0.25) is 5.91 Å². The number of hydrogen-bond donors (Lipinski definition) is 2. The largest absolute Gasteiger partial charge is 0.491 e. The lowest BCUT2D eigenvalue weighted by Crippen LogP contribution is -2.57. The van der Waals surface area contributed by atoms with E-state index in [1.807, 2.05) is 0 Å². The summed E-state index contributed by atoms with van der Waals surface area (Å²) in [6, 6.07) is 9.71. The van der Waals surface area contributed by atoms with Gasteiger partial charge in [0.05, 0.1) is 18.2 Å². The summed E-state index contributed by atoms with van der Waals surface area (Å²) in [5.41, 5.74) is 0.585. The van der Waals surface area contributed by atoms with Gasteiger partial charge in [0.25, 0.3) is 0 Å². The van der Waals surface area contributed by atoms with Gasteiger partial charge in [0.1, 0.15) is 24.7 Å². The summed E-state index contributed by atoms with van der Waals surface area (Å²) in [7, 11) is 0. The molecule has 168 valence electrons. The number of fused-ring (bicyclic) bond motifs is 2. The second kappa shape index (κ2) is 10.4. The van der Waals surface area contributed by atoms with E-state index in [0.29, 0.717) is 36.5 Å². The molecular weight excluding hydrogens is 396 g/mol. The Hall–Kier alpha value is -2.18. The molecule has 8 heteroatoms. The number of nitrogens with one attached hydrogen (secondary N) is 1. The fourth-order valence-electron chi connectivity index (χ4n) is 4.90. The maximum absolute atomic E-state index is 12.4. The maximum atomic E-state index is 12.4. The minimum atomic E-state index is -0.586. The van der Waals surface area contributed by atoms with Crippen LogP contribution in [0.5, 0.6) is 5.75 Å². The lowest BCUT2D eigenvalue weighted by Gasteiger charge is -2.41. The Morgan fingerprint density at radius 3 is 2.61 bits per heavy atom. The number of benzene rings is 1. The number of nitrogens with zero attached hydrogens (tertiary/aromatic N) is 3. The highest BCUT2D eigenvalue weighted by atomic mass is 16.5. The van der Waals surface area contributed by atoms with E-state index in [1.54, 1.807) is 24.3 Å². The molecule has 0 aromatic heterocycles. The van der Waals surface area contributed by atoms with Crippen LogP contribution in [0.25, 0.3) is 0 Å². The van der Waals surface area contributed by atoms with Gasteiger partial charge in [-0.25, -0.2) is 0 Å². The van der Waals surface area contributed by atoms with Crippen molar-refractivity contribution < 1.29 is 19.4 Å². The van der Waals surface area contributed by atoms with E-state index in [1.165, 1.54) is 0 Å². The molecule has 3 heterocycles. The van der Waals surface area contributed by atoms with Crippen LogP contribution in [0.1, 0.15) is 37.7 Å². The Balaban J connectivity index is 1.20. The van der Waals surface area contributed by atoms with Gasteiger partial charge in [-0.15, -0.1) is 0 Å². The lowest BCUT2D eigenvalue weighted by atomic mass is 10.1. The Bertz CT molecular complexity index is 761. The van der Waals surface area contributed by atoms with Crippen LogP contribution in [0.2, 0.25) is 0 Å². The van der Waals surface area contributed by atoms with Crippen molar-refractivity contribution in [2.75, 3.05) is 39.4 Å². The number of amides is 1. The number of piperazine rings is 1. The molecule has 3 aliphatic rings. The van der Waals surface area contributed by atoms with E-state index in [0.717, 1.165) is 51.8 Å². The highest BCUT2D eigenvalue weighted by molar-refractivity contribution is 5.78. The number of nitriles is 1. The summed E-state index contributed by atoms with van der Waals surface area (Å²) in [5, 5.41) is 22.4. The highest BCUT2D eigenvalue weighted by Crippen LogP contribution is 2.30. The average Bonchev–Trinajstić information content (AvgIpc) is 3.01. The van der Waals surface area contributed by atoms with Crippen LogP contribution in [-0.2, 0) is 9.53 Å². The first-order chi connectivity index (χ1) is 15.1. The van der Waals surface area contributed by atoms with Crippen molar-refractivity contribution in [3.8, 4) is 11.8 Å². The monoisotopic (exact) mass is 428 g/mol. The van der Waals surface area contributed by atoms with E-state index in [4.69, 9.17) is 14.7 Å². The van der Waals surface area contributed by atoms with Gasteiger partial charge in [-0.3, -0.25) is 14.6 Å². The fourth-order valence-corrected chi connectivity index (χ4v) is 4.90. The second-order valence-corrected chi connectivity index (χ2v) is 8.80. The fraction of sp³-hybridized carbons (Fsp3) is 0.652. The molecular formula is C23H32N4O4. The Morgan fingerprint density at radius 2 is 1.97 bits per heavy atom. The Labute approximate surface area is 183 Å². The Morgan fingerprint density at radius 1 is 1.23 bits per heavy atom. The van der Waals surface area contributed by atoms with Gasteiger partial charge in [-0.1, -0.05) is 0 Å². The molecule has 3 aliphatic heterocycles. The highest BCUT2D eigenvalue weighted by Gasteiger charge is 2.40. The number of likely N-dealkylation sites (tertiary alicyclic amines) is 1. The first-order valence-corrected chi connectivity index (χ1v) is 11.3. The summed E-state index contributed by atoms with van der Waals surface area (Å²) in [6.45, 7) is 3.62. The van der Waals surface area contributed by atoms with Crippen LogP contribution in [-0.4, -0.2) is 84.6 Å². The summed E-state index contributed by atoms with van der Waals surface area (Å²) in [5.74, 6) is 0.689. The molecule has 0 radical (unpaired) electrons. The van der Waals surface area contributed by atoms with E-state index < -0.39 is 6.10 Å². The molecule has 4 unspecified atom stereocenters. The van der Waals surface area contributed by atoms with E-state index >= 15 is 0 Å².